The van der Waals surface area contributed by atoms with Crippen LogP contribution >= 0.6 is 11.6 Å². The van der Waals surface area contributed by atoms with Crippen molar-refractivity contribution in [2.75, 3.05) is 0 Å². The van der Waals surface area contributed by atoms with E-state index in [0.29, 0.717) is 6.42 Å². The summed E-state index contributed by atoms with van der Waals surface area (Å²) in [6, 6.07) is 12.7. The molecule has 136 valence electrons. The minimum Gasteiger partial charge on any atom is -0.445 e. The van der Waals surface area contributed by atoms with E-state index in [4.69, 9.17) is 22.8 Å². The smallest absolute Gasteiger partial charge is 0.407 e. The number of terminal acetylenes is 1. The van der Waals surface area contributed by atoms with Crippen LogP contribution in [-0.4, -0.2) is 12.1 Å². The third-order valence-corrected chi connectivity index (χ3v) is 4.20. The Morgan fingerprint density at radius 3 is 2.73 bits per heavy atom. The molecule has 0 heterocycles. The van der Waals surface area contributed by atoms with Crippen LogP contribution in [0.3, 0.4) is 0 Å². The Kier molecular flexibility index (Phi) is 7.50. The second-order valence-electron chi connectivity index (χ2n) is 6.08. The summed E-state index contributed by atoms with van der Waals surface area (Å²) in [4.78, 5) is 11.8. The standard InChI is InChI=1S/C21H21ClFNO2/c1-3-18-12-17(13-19(22)20(18)23)11-7-8-15(2)24-21(25)26-14-16-9-5-4-6-10-16/h1,4-6,9-10,12-13,15H,7-8,11,14H2,2H3,(H,24,25)/t15-/m0/s1. The van der Waals surface area contributed by atoms with E-state index in [-0.39, 0.29) is 23.2 Å². The Labute approximate surface area is 158 Å². The molecule has 0 aliphatic heterocycles. The predicted octanol–water partition coefficient (Wildman–Crippen LogP) is 5.10. The molecule has 5 heteroatoms. The number of benzene rings is 2. The highest BCUT2D eigenvalue weighted by molar-refractivity contribution is 6.30. The Bertz CT molecular complexity index is 787. The molecule has 0 unspecified atom stereocenters. The van der Waals surface area contributed by atoms with Gasteiger partial charge in [-0.15, -0.1) is 6.42 Å². The van der Waals surface area contributed by atoms with Crippen LogP contribution in [0, 0.1) is 18.2 Å². The van der Waals surface area contributed by atoms with Crippen LogP contribution in [0.4, 0.5) is 9.18 Å². The molecule has 0 aliphatic carbocycles. The average molecular weight is 374 g/mol. The first-order valence-corrected chi connectivity index (χ1v) is 8.79. The molecule has 2 aromatic carbocycles. The minimum atomic E-state index is -0.561. The van der Waals surface area contributed by atoms with Crippen molar-refractivity contribution in [3.05, 3.63) is 70.0 Å². The number of ether oxygens (including phenoxy) is 1. The molecule has 1 amide bonds. The number of aryl methyl sites for hydroxylation is 1. The van der Waals surface area contributed by atoms with Crippen molar-refractivity contribution in [3.63, 3.8) is 0 Å². The number of hydrogen-bond donors (Lipinski definition) is 1. The van der Waals surface area contributed by atoms with Gasteiger partial charge in [0.2, 0.25) is 0 Å². The normalized spacial score (nSPS) is 11.5. The summed E-state index contributed by atoms with van der Waals surface area (Å²) in [6.07, 6.45) is 7.08. The minimum absolute atomic E-state index is 0.0334. The van der Waals surface area contributed by atoms with E-state index < -0.39 is 11.9 Å². The van der Waals surface area contributed by atoms with E-state index in [2.05, 4.69) is 11.2 Å². The third-order valence-electron chi connectivity index (χ3n) is 3.92. The number of carbonyl (C=O) groups is 1. The zero-order valence-corrected chi connectivity index (χ0v) is 15.4. The molecule has 0 spiro atoms. The first-order chi connectivity index (χ1) is 12.5. The summed E-state index contributed by atoms with van der Waals surface area (Å²) in [5.41, 5.74) is 1.99. The number of alkyl carbamates (subject to hydrolysis) is 1. The highest BCUT2D eigenvalue weighted by Gasteiger charge is 2.10. The van der Waals surface area contributed by atoms with E-state index in [1.807, 2.05) is 37.3 Å². The molecule has 2 rings (SSSR count). The Hall–Kier alpha value is -2.51. The lowest BCUT2D eigenvalue weighted by atomic mass is 10.0. The highest BCUT2D eigenvalue weighted by atomic mass is 35.5. The zero-order valence-electron chi connectivity index (χ0n) is 14.6. The summed E-state index contributed by atoms with van der Waals surface area (Å²) >= 11 is 5.85. The van der Waals surface area contributed by atoms with Crippen molar-refractivity contribution in [2.24, 2.45) is 0 Å². The maximum absolute atomic E-state index is 13.6. The van der Waals surface area contributed by atoms with Crippen LogP contribution < -0.4 is 5.32 Å². The Balaban J connectivity index is 1.73. The molecule has 0 fully saturated rings. The third kappa shape index (κ3) is 6.09. The SMILES string of the molecule is C#Cc1cc(CCC[C@H](C)NC(=O)OCc2ccccc2)cc(Cl)c1F. The molecule has 2 aromatic rings. The molecule has 0 saturated heterocycles. The van der Waals surface area contributed by atoms with Crippen molar-refractivity contribution >= 4 is 17.7 Å². The van der Waals surface area contributed by atoms with Crippen molar-refractivity contribution in [2.45, 2.75) is 38.8 Å². The Morgan fingerprint density at radius 1 is 1.31 bits per heavy atom. The number of hydrogen-bond acceptors (Lipinski definition) is 2. The largest absolute Gasteiger partial charge is 0.445 e. The van der Waals surface area contributed by atoms with Gasteiger partial charge in [0.15, 0.2) is 5.82 Å². The molecule has 0 saturated carbocycles. The zero-order chi connectivity index (χ0) is 18.9. The number of halogens is 2. The van der Waals surface area contributed by atoms with Gasteiger partial charge < -0.3 is 10.1 Å². The van der Waals surface area contributed by atoms with Gasteiger partial charge in [-0.05, 0) is 49.4 Å². The topological polar surface area (TPSA) is 38.3 Å². The molecule has 0 aromatic heterocycles. The average Bonchev–Trinajstić information content (AvgIpc) is 2.63. The molecular weight excluding hydrogens is 353 g/mol. The van der Waals surface area contributed by atoms with E-state index >= 15 is 0 Å². The molecule has 0 radical (unpaired) electrons. The first kappa shape index (κ1) is 19.8. The molecular formula is C21H21ClFNO2. The lowest BCUT2D eigenvalue weighted by molar-refractivity contribution is 0.136. The van der Waals surface area contributed by atoms with Crippen LogP contribution in [0.1, 0.15) is 36.5 Å². The van der Waals surface area contributed by atoms with Crippen LogP contribution in [-0.2, 0) is 17.8 Å². The lowest BCUT2D eigenvalue weighted by Crippen LogP contribution is -2.33. The summed E-state index contributed by atoms with van der Waals surface area (Å²) in [7, 11) is 0. The van der Waals surface area contributed by atoms with Crippen molar-refractivity contribution in [1.82, 2.24) is 5.32 Å². The molecule has 0 bridgehead atoms. The van der Waals surface area contributed by atoms with Crippen LogP contribution in [0.5, 0.6) is 0 Å². The fourth-order valence-corrected chi connectivity index (χ4v) is 2.79. The van der Waals surface area contributed by atoms with E-state index in [9.17, 15) is 9.18 Å². The van der Waals surface area contributed by atoms with Gasteiger partial charge in [-0.3, -0.25) is 0 Å². The number of rotatable bonds is 7. The van der Waals surface area contributed by atoms with Crippen molar-refractivity contribution in [1.29, 1.82) is 0 Å². The highest BCUT2D eigenvalue weighted by Crippen LogP contribution is 2.21. The van der Waals surface area contributed by atoms with Gasteiger partial charge >= 0.3 is 6.09 Å². The van der Waals surface area contributed by atoms with E-state index in [1.54, 1.807) is 12.1 Å². The van der Waals surface area contributed by atoms with Gasteiger partial charge in [0.25, 0.3) is 0 Å². The molecule has 26 heavy (non-hydrogen) atoms. The fourth-order valence-electron chi connectivity index (χ4n) is 2.55. The van der Waals surface area contributed by atoms with Gasteiger partial charge in [-0.1, -0.05) is 47.9 Å². The van der Waals surface area contributed by atoms with Gasteiger partial charge in [-0.25, -0.2) is 9.18 Å². The molecule has 1 N–H and O–H groups in total. The summed E-state index contributed by atoms with van der Waals surface area (Å²) < 4.78 is 18.8. The quantitative estimate of drug-likeness (QED) is 0.686. The van der Waals surface area contributed by atoms with Crippen molar-refractivity contribution in [3.8, 4) is 12.3 Å². The second kappa shape index (κ2) is 9.84. The van der Waals surface area contributed by atoms with Crippen LogP contribution in [0.15, 0.2) is 42.5 Å². The molecule has 3 nitrogen and oxygen atoms in total. The van der Waals surface area contributed by atoms with Gasteiger partial charge in [0.05, 0.1) is 10.6 Å². The van der Waals surface area contributed by atoms with Crippen LogP contribution in [0.2, 0.25) is 5.02 Å². The molecule has 0 aliphatic rings. The number of carbonyl (C=O) groups excluding carboxylic acids is 1. The van der Waals surface area contributed by atoms with Gasteiger partial charge in [-0.2, -0.15) is 0 Å². The van der Waals surface area contributed by atoms with E-state index in [1.165, 1.54) is 0 Å². The monoisotopic (exact) mass is 373 g/mol. The fraction of sp³-hybridized carbons (Fsp3) is 0.286. The summed E-state index contributed by atoms with van der Waals surface area (Å²) in [5.74, 6) is 1.74. The summed E-state index contributed by atoms with van der Waals surface area (Å²) in [6.45, 7) is 2.15. The maximum Gasteiger partial charge on any atom is 0.407 e. The van der Waals surface area contributed by atoms with Crippen molar-refractivity contribution < 1.29 is 13.9 Å². The summed E-state index contributed by atoms with van der Waals surface area (Å²) in [5, 5.41) is 2.83. The Morgan fingerprint density at radius 2 is 2.04 bits per heavy atom. The van der Waals surface area contributed by atoms with Crippen LogP contribution in [0.25, 0.3) is 0 Å². The van der Waals surface area contributed by atoms with Gasteiger partial charge in [0.1, 0.15) is 6.61 Å². The lowest BCUT2D eigenvalue weighted by Gasteiger charge is -2.14. The number of nitrogens with one attached hydrogen (secondary N) is 1. The maximum atomic E-state index is 13.6. The van der Waals surface area contributed by atoms with Gasteiger partial charge in [0, 0.05) is 6.04 Å². The van der Waals surface area contributed by atoms with E-state index in [0.717, 1.165) is 24.0 Å². The first-order valence-electron chi connectivity index (χ1n) is 8.41. The number of amides is 1. The second-order valence-corrected chi connectivity index (χ2v) is 6.49. The molecule has 1 atom stereocenters. The predicted molar refractivity (Wildman–Crippen MR) is 102 cm³/mol.